The molecule has 5 nitrogen and oxygen atoms in total. The van der Waals surface area contributed by atoms with E-state index >= 15 is 0 Å². The molecule has 0 aliphatic heterocycles. The van der Waals surface area contributed by atoms with Crippen molar-refractivity contribution in [2.45, 2.75) is 5.75 Å². The number of nitriles is 1. The van der Waals surface area contributed by atoms with Crippen molar-refractivity contribution in [1.29, 1.82) is 5.26 Å². The molecule has 2 aromatic heterocycles. The lowest BCUT2D eigenvalue weighted by atomic mass is 10.1. The number of aromatic amines is 1. The van der Waals surface area contributed by atoms with Gasteiger partial charge in [0.2, 0.25) is 0 Å². The van der Waals surface area contributed by atoms with Gasteiger partial charge in [0.15, 0.2) is 0 Å². The van der Waals surface area contributed by atoms with Crippen molar-refractivity contribution in [2.24, 2.45) is 0 Å². The minimum absolute atomic E-state index is 0.372. The standard InChI is InChI=1S/C17H14N4OS/c1-23(22)11-15-16(14-3-2-8-19-10-14)21-17(20-15)13-6-4-12(9-18)5-7-13/h2-8,10H,11H2,1H3,(H,20,21). The smallest absolute Gasteiger partial charge is 0.149 e. The first-order valence-corrected chi connectivity index (χ1v) is 8.70. The maximum absolute atomic E-state index is 11.6. The second-order valence-electron chi connectivity index (χ2n) is 5.06. The molecule has 1 unspecified atom stereocenters. The summed E-state index contributed by atoms with van der Waals surface area (Å²) < 4.78 is 11.6. The molecule has 114 valence electrons. The molecular weight excluding hydrogens is 308 g/mol. The van der Waals surface area contributed by atoms with E-state index in [-0.39, 0.29) is 0 Å². The third kappa shape index (κ3) is 3.42. The molecule has 0 bridgehead atoms. The molecule has 3 rings (SSSR count). The summed E-state index contributed by atoms with van der Waals surface area (Å²) in [6.45, 7) is 0. The van der Waals surface area contributed by atoms with Crippen molar-refractivity contribution in [3.8, 4) is 28.7 Å². The van der Waals surface area contributed by atoms with Crippen LogP contribution in [0.1, 0.15) is 11.3 Å². The number of hydrogen-bond donors (Lipinski definition) is 1. The molecule has 2 heterocycles. The van der Waals surface area contributed by atoms with Crippen LogP contribution in [0.5, 0.6) is 0 Å². The van der Waals surface area contributed by atoms with E-state index in [9.17, 15) is 4.55 Å². The Hall–Kier alpha value is -2.62. The summed E-state index contributed by atoms with van der Waals surface area (Å²) in [7, 11) is 0. The van der Waals surface area contributed by atoms with Gasteiger partial charge in [0.1, 0.15) is 17.3 Å². The number of hydrogen-bond acceptors (Lipinski definition) is 4. The van der Waals surface area contributed by atoms with Crippen LogP contribution in [0.2, 0.25) is 0 Å². The number of pyridine rings is 1. The second kappa shape index (κ2) is 6.65. The van der Waals surface area contributed by atoms with Gasteiger partial charge in [-0.25, -0.2) is 4.98 Å². The first-order valence-electron chi connectivity index (χ1n) is 6.97. The fourth-order valence-electron chi connectivity index (χ4n) is 2.30. The minimum Gasteiger partial charge on any atom is -0.616 e. The third-order valence-corrected chi connectivity index (χ3v) is 4.04. The molecule has 0 saturated heterocycles. The molecule has 3 aromatic rings. The van der Waals surface area contributed by atoms with Crippen LogP contribution in [0.25, 0.3) is 22.6 Å². The third-order valence-electron chi connectivity index (χ3n) is 3.36. The molecule has 1 atom stereocenters. The summed E-state index contributed by atoms with van der Waals surface area (Å²) in [5.74, 6) is 1.06. The molecular formula is C17H14N4OS. The van der Waals surface area contributed by atoms with E-state index in [0.29, 0.717) is 17.1 Å². The van der Waals surface area contributed by atoms with Gasteiger partial charge >= 0.3 is 0 Å². The Labute approximate surface area is 137 Å². The normalized spacial score (nSPS) is 11.9. The largest absolute Gasteiger partial charge is 0.616 e. The van der Waals surface area contributed by atoms with Gasteiger partial charge in [0.25, 0.3) is 0 Å². The number of nitrogens with one attached hydrogen (secondary N) is 1. The van der Waals surface area contributed by atoms with Crippen LogP contribution in [-0.2, 0) is 16.9 Å². The summed E-state index contributed by atoms with van der Waals surface area (Å²) in [5, 5.41) is 8.88. The molecule has 0 aliphatic carbocycles. The number of H-pyrrole nitrogens is 1. The van der Waals surface area contributed by atoms with E-state index in [1.54, 1.807) is 30.8 Å². The van der Waals surface area contributed by atoms with E-state index in [1.165, 1.54) is 0 Å². The lowest BCUT2D eigenvalue weighted by molar-refractivity contribution is 0.599. The van der Waals surface area contributed by atoms with Crippen LogP contribution in [-0.4, -0.2) is 25.8 Å². The van der Waals surface area contributed by atoms with E-state index in [0.717, 1.165) is 22.5 Å². The van der Waals surface area contributed by atoms with Gasteiger partial charge in [0, 0.05) is 23.5 Å². The highest BCUT2D eigenvalue weighted by atomic mass is 32.2. The molecule has 0 saturated carbocycles. The number of aromatic nitrogens is 3. The van der Waals surface area contributed by atoms with Crippen molar-refractivity contribution in [3.63, 3.8) is 0 Å². The zero-order valence-electron chi connectivity index (χ0n) is 12.5. The average Bonchev–Trinajstić information content (AvgIpc) is 2.99. The van der Waals surface area contributed by atoms with E-state index in [1.807, 2.05) is 24.3 Å². The fraction of sp³-hybridized carbons (Fsp3) is 0.118. The first-order chi connectivity index (χ1) is 11.2. The van der Waals surface area contributed by atoms with Crippen molar-refractivity contribution >= 4 is 11.2 Å². The monoisotopic (exact) mass is 322 g/mol. The Morgan fingerprint density at radius 1 is 1.22 bits per heavy atom. The van der Waals surface area contributed by atoms with Crippen LogP contribution in [0.4, 0.5) is 0 Å². The molecule has 23 heavy (non-hydrogen) atoms. The Kier molecular flexibility index (Phi) is 4.42. The summed E-state index contributed by atoms with van der Waals surface area (Å²) in [6, 6.07) is 13.1. The predicted octanol–water partition coefficient (Wildman–Crippen LogP) is 2.89. The van der Waals surface area contributed by atoms with E-state index in [2.05, 4.69) is 21.0 Å². The van der Waals surface area contributed by atoms with E-state index < -0.39 is 11.2 Å². The second-order valence-corrected chi connectivity index (χ2v) is 6.49. The number of rotatable bonds is 4. The van der Waals surface area contributed by atoms with Gasteiger partial charge in [-0.2, -0.15) is 5.26 Å². The van der Waals surface area contributed by atoms with Gasteiger partial charge in [-0.05, 0) is 36.4 Å². The fourth-order valence-corrected chi connectivity index (χ4v) is 2.89. The number of imidazole rings is 1. The average molecular weight is 322 g/mol. The highest BCUT2D eigenvalue weighted by Gasteiger charge is 2.16. The van der Waals surface area contributed by atoms with Crippen LogP contribution >= 0.6 is 0 Å². The first kappa shape index (κ1) is 15.3. The van der Waals surface area contributed by atoms with Crippen molar-refractivity contribution in [2.75, 3.05) is 6.26 Å². The molecule has 0 radical (unpaired) electrons. The zero-order chi connectivity index (χ0) is 16.2. The van der Waals surface area contributed by atoms with Crippen LogP contribution in [0.15, 0.2) is 48.8 Å². The maximum Gasteiger partial charge on any atom is 0.149 e. The highest BCUT2D eigenvalue weighted by Crippen LogP contribution is 2.27. The summed E-state index contributed by atoms with van der Waals surface area (Å²) in [6.07, 6.45) is 5.11. The Morgan fingerprint density at radius 3 is 2.61 bits per heavy atom. The Morgan fingerprint density at radius 2 is 2.00 bits per heavy atom. The summed E-state index contributed by atoms with van der Waals surface area (Å²) >= 11 is -0.995. The summed E-state index contributed by atoms with van der Waals surface area (Å²) in [5.41, 5.74) is 3.95. The molecule has 1 N–H and O–H groups in total. The highest BCUT2D eigenvalue weighted by molar-refractivity contribution is 7.89. The van der Waals surface area contributed by atoms with Crippen LogP contribution in [0.3, 0.4) is 0 Å². The molecule has 0 amide bonds. The predicted molar refractivity (Wildman–Crippen MR) is 89.7 cm³/mol. The summed E-state index contributed by atoms with van der Waals surface area (Å²) in [4.78, 5) is 12.0. The van der Waals surface area contributed by atoms with Gasteiger partial charge in [0.05, 0.1) is 23.6 Å². The lowest BCUT2D eigenvalue weighted by Crippen LogP contribution is -2.02. The van der Waals surface area contributed by atoms with E-state index in [4.69, 9.17) is 5.26 Å². The SMILES string of the molecule is C[S+]([O-])Cc1nc(-c2ccc(C#N)cc2)[nH]c1-c1cccnc1. The Bertz CT molecular complexity index is 835. The molecule has 6 heteroatoms. The lowest BCUT2D eigenvalue weighted by Gasteiger charge is -2.04. The maximum atomic E-state index is 11.6. The van der Waals surface area contributed by atoms with Crippen molar-refractivity contribution in [3.05, 3.63) is 60.0 Å². The molecule has 0 aliphatic rings. The van der Waals surface area contributed by atoms with Gasteiger partial charge < -0.3 is 9.54 Å². The van der Waals surface area contributed by atoms with Gasteiger partial charge in [-0.3, -0.25) is 4.98 Å². The molecule has 1 aromatic carbocycles. The van der Waals surface area contributed by atoms with Crippen LogP contribution in [0, 0.1) is 11.3 Å². The topological polar surface area (TPSA) is 88.4 Å². The van der Waals surface area contributed by atoms with Crippen molar-refractivity contribution in [1.82, 2.24) is 15.0 Å². The molecule has 0 spiro atoms. The van der Waals surface area contributed by atoms with Gasteiger partial charge in [-0.1, -0.05) is 11.2 Å². The van der Waals surface area contributed by atoms with Crippen LogP contribution < -0.4 is 0 Å². The van der Waals surface area contributed by atoms with Gasteiger partial charge in [-0.15, -0.1) is 0 Å². The number of nitrogens with zero attached hydrogens (tertiary/aromatic N) is 3. The minimum atomic E-state index is -0.995. The van der Waals surface area contributed by atoms with Crippen molar-refractivity contribution < 1.29 is 4.55 Å². The quantitative estimate of drug-likeness (QED) is 0.748. The number of benzene rings is 1. The Balaban J connectivity index is 2.05. The molecule has 0 fully saturated rings. The zero-order valence-corrected chi connectivity index (χ0v) is 13.3.